The largest absolute Gasteiger partial charge is 0.434 e. The summed E-state index contributed by atoms with van der Waals surface area (Å²) in [7, 11) is 0. The van der Waals surface area contributed by atoms with E-state index in [4.69, 9.17) is 9.40 Å². The standard InChI is InChI=1S/C56H39N3O/c1-56(2)47-28-15-13-23-40(47)41-33-32-38(34-48(41)56)58(51-31-17-29-49-54(51)60-55(57-49)45-27-12-9-22-39(45)36-18-5-3-6-19-36)52-35-46-43-25-14-16-30-50(43)59(37-20-7-4-8-21-37)53(46)44-26-11-10-24-42(44)52/h3-35H,1-2H3. The summed E-state index contributed by atoms with van der Waals surface area (Å²) in [4.78, 5) is 7.61. The quantitative estimate of drug-likeness (QED) is 0.169. The Bertz CT molecular complexity index is 3470. The van der Waals surface area contributed by atoms with E-state index in [9.17, 15) is 0 Å². The first-order valence-electron chi connectivity index (χ1n) is 20.6. The number of benzene rings is 9. The van der Waals surface area contributed by atoms with Crippen LogP contribution in [-0.4, -0.2) is 9.55 Å². The molecule has 4 nitrogen and oxygen atoms in total. The lowest BCUT2D eigenvalue weighted by molar-refractivity contribution is 0.620. The third kappa shape index (κ3) is 5.07. The highest BCUT2D eigenvalue weighted by Gasteiger charge is 2.36. The smallest absolute Gasteiger partial charge is 0.228 e. The zero-order valence-electron chi connectivity index (χ0n) is 33.3. The summed E-state index contributed by atoms with van der Waals surface area (Å²) in [6, 6.07) is 71.8. The second kappa shape index (κ2) is 13.2. The lowest BCUT2D eigenvalue weighted by Gasteiger charge is -2.29. The van der Waals surface area contributed by atoms with Gasteiger partial charge < -0.3 is 13.9 Å². The number of rotatable bonds is 6. The molecule has 0 fully saturated rings. The Morgan fingerprint density at radius 2 is 1.13 bits per heavy atom. The zero-order chi connectivity index (χ0) is 40.0. The summed E-state index contributed by atoms with van der Waals surface area (Å²) >= 11 is 0. The predicted octanol–water partition coefficient (Wildman–Crippen LogP) is 15.2. The van der Waals surface area contributed by atoms with Gasteiger partial charge in [0.15, 0.2) is 5.58 Å². The Balaban J connectivity index is 1.16. The van der Waals surface area contributed by atoms with Crippen molar-refractivity contribution in [2.75, 3.05) is 4.90 Å². The molecule has 0 atom stereocenters. The number of hydrogen-bond donors (Lipinski definition) is 0. The molecule has 12 rings (SSSR count). The Hall–Kier alpha value is -7.69. The highest BCUT2D eigenvalue weighted by Crippen LogP contribution is 2.52. The molecule has 11 aromatic rings. The van der Waals surface area contributed by atoms with Crippen LogP contribution in [0.25, 0.3) is 83.1 Å². The van der Waals surface area contributed by atoms with Gasteiger partial charge in [-0.3, -0.25) is 0 Å². The molecule has 0 amide bonds. The normalized spacial score (nSPS) is 13.0. The van der Waals surface area contributed by atoms with Gasteiger partial charge in [-0.2, -0.15) is 0 Å². The SMILES string of the molecule is CC1(C)c2ccccc2-c2ccc(N(c3cc4c5ccccc5n(-c5ccccc5)c4c4ccccc34)c3cccc4nc(-c5ccccc5-c5ccccc5)oc34)cc21. The minimum atomic E-state index is -0.185. The number of oxazole rings is 1. The molecule has 9 aromatic carbocycles. The van der Waals surface area contributed by atoms with E-state index >= 15 is 0 Å². The summed E-state index contributed by atoms with van der Waals surface area (Å²) in [5.41, 5.74) is 16.3. The van der Waals surface area contributed by atoms with E-state index in [2.05, 4.69) is 217 Å². The minimum Gasteiger partial charge on any atom is -0.434 e. The average Bonchev–Trinajstić information content (AvgIpc) is 3.96. The van der Waals surface area contributed by atoms with Gasteiger partial charge in [-0.15, -0.1) is 0 Å². The van der Waals surface area contributed by atoms with E-state index in [1.54, 1.807) is 0 Å². The molecule has 1 aliphatic rings. The number of nitrogens with zero attached hydrogens (tertiary/aromatic N) is 3. The van der Waals surface area contributed by atoms with Gasteiger partial charge in [0.2, 0.25) is 5.89 Å². The van der Waals surface area contributed by atoms with Crippen LogP contribution < -0.4 is 4.90 Å². The van der Waals surface area contributed by atoms with Gasteiger partial charge in [0.05, 0.1) is 22.4 Å². The van der Waals surface area contributed by atoms with Crippen LogP contribution in [0.3, 0.4) is 0 Å². The fraction of sp³-hybridized carbons (Fsp3) is 0.0536. The minimum absolute atomic E-state index is 0.185. The third-order valence-corrected chi connectivity index (χ3v) is 12.6. The van der Waals surface area contributed by atoms with E-state index in [0.717, 1.165) is 55.9 Å². The summed E-state index contributed by atoms with van der Waals surface area (Å²) in [6.07, 6.45) is 0. The van der Waals surface area contributed by atoms with E-state index in [-0.39, 0.29) is 5.41 Å². The molecule has 0 bridgehead atoms. The van der Waals surface area contributed by atoms with Crippen LogP contribution in [0.15, 0.2) is 205 Å². The zero-order valence-corrected chi connectivity index (χ0v) is 33.3. The molecular weight excluding hydrogens is 731 g/mol. The highest BCUT2D eigenvalue weighted by atomic mass is 16.3. The van der Waals surface area contributed by atoms with Gasteiger partial charge in [0, 0.05) is 43.9 Å². The second-order valence-corrected chi connectivity index (χ2v) is 16.3. The van der Waals surface area contributed by atoms with Gasteiger partial charge in [0.25, 0.3) is 0 Å². The maximum atomic E-state index is 7.03. The molecule has 0 aliphatic heterocycles. The molecule has 284 valence electrons. The first kappa shape index (κ1) is 34.4. The topological polar surface area (TPSA) is 34.2 Å². The molecule has 1 aliphatic carbocycles. The van der Waals surface area contributed by atoms with Gasteiger partial charge >= 0.3 is 0 Å². The van der Waals surface area contributed by atoms with Crippen molar-refractivity contribution < 1.29 is 4.42 Å². The molecule has 0 radical (unpaired) electrons. The van der Waals surface area contributed by atoms with Crippen molar-refractivity contribution in [3.63, 3.8) is 0 Å². The van der Waals surface area contributed by atoms with Crippen molar-refractivity contribution in [1.82, 2.24) is 9.55 Å². The Morgan fingerprint density at radius 1 is 0.483 bits per heavy atom. The van der Waals surface area contributed by atoms with Gasteiger partial charge in [-0.05, 0) is 88.0 Å². The van der Waals surface area contributed by atoms with Crippen LogP contribution in [0.1, 0.15) is 25.0 Å². The fourth-order valence-corrected chi connectivity index (χ4v) is 9.84. The maximum Gasteiger partial charge on any atom is 0.228 e. The van der Waals surface area contributed by atoms with Crippen LogP contribution in [-0.2, 0) is 5.41 Å². The van der Waals surface area contributed by atoms with E-state index in [0.29, 0.717) is 5.89 Å². The van der Waals surface area contributed by atoms with Crippen molar-refractivity contribution in [3.05, 3.63) is 211 Å². The van der Waals surface area contributed by atoms with E-state index in [1.165, 1.54) is 49.4 Å². The molecule has 2 heterocycles. The van der Waals surface area contributed by atoms with Gasteiger partial charge in [-0.25, -0.2) is 4.98 Å². The molecular formula is C56H39N3O. The molecule has 2 aromatic heterocycles. The molecule has 4 heteroatoms. The van der Waals surface area contributed by atoms with Crippen LogP contribution in [0.4, 0.5) is 17.1 Å². The lowest BCUT2D eigenvalue weighted by atomic mass is 9.82. The molecule has 0 N–H and O–H groups in total. The van der Waals surface area contributed by atoms with Crippen LogP contribution in [0.2, 0.25) is 0 Å². The Kier molecular flexibility index (Phi) is 7.54. The number of para-hydroxylation sites is 3. The first-order chi connectivity index (χ1) is 29.5. The van der Waals surface area contributed by atoms with E-state index in [1.807, 2.05) is 6.07 Å². The maximum absolute atomic E-state index is 7.03. The molecule has 60 heavy (non-hydrogen) atoms. The molecule has 0 spiro atoms. The Labute approximate surface area is 348 Å². The summed E-state index contributed by atoms with van der Waals surface area (Å²) in [5.74, 6) is 0.591. The van der Waals surface area contributed by atoms with Crippen molar-refractivity contribution >= 4 is 60.7 Å². The highest BCUT2D eigenvalue weighted by molar-refractivity contribution is 6.23. The van der Waals surface area contributed by atoms with Crippen LogP contribution in [0.5, 0.6) is 0 Å². The van der Waals surface area contributed by atoms with Crippen LogP contribution in [0, 0.1) is 0 Å². The predicted molar refractivity (Wildman–Crippen MR) is 249 cm³/mol. The first-order valence-corrected chi connectivity index (χ1v) is 20.6. The third-order valence-electron chi connectivity index (χ3n) is 12.6. The second-order valence-electron chi connectivity index (χ2n) is 16.3. The van der Waals surface area contributed by atoms with Crippen molar-refractivity contribution in [2.24, 2.45) is 0 Å². The summed E-state index contributed by atoms with van der Waals surface area (Å²) in [6.45, 7) is 4.69. The molecule has 0 saturated heterocycles. The van der Waals surface area contributed by atoms with E-state index < -0.39 is 0 Å². The summed E-state index contributed by atoms with van der Waals surface area (Å²) < 4.78 is 9.45. The fourth-order valence-electron chi connectivity index (χ4n) is 9.84. The molecule has 0 saturated carbocycles. The van der Waals surface area contributed by atoms with Crippen molar-refractivity contribution in [1.29, 1.82) is 0 Å². The summed E-state index contributed by atoms with van der Waals surface area (Å²) in [5, 5.41) is 4.70. The number of fused-ring (bicyclic) bond motifs is 9. The van der Waals surface area contributed by atoms with Crippen molar-refractivity contribution in [2.45, 2.75) is 19.3 Å². The number of hydrogen-bond acceptors (Lipinski definition) is 3. The average molecular weight is 770 g/mol. The Morgan fingerprint density at radius 3 is 1.95 bits per heavy atom. The lowest BCUT2D eigenvalue weighted by Crippen LogP contribution is -2.16. The number of anilines is 3. The van der Waals surface area contributed by atoms with Crippen molar-refractivity contribution in [3.8, 4) is 39.4 Å². The van der Waals surface area contributed by atoms with Crippen LogP contribution >= 0.6 is 0 Å². The molecule has 0 unspecified atom stereocenters. The monoisotopic (exact) mass is 769 g/mol. The van der Waals surface area contributed by atoms with Gasteiger partial charge in [-0.1, -0.05) is 159 Å². The van der Waals surface area contributed by atoms with Gasteiger partial charge in [0.1, 0.15) is 5.52 Å². The number of aromatic nitrogens is 2.